The van der Waals surface area contributed by atoms with Crippen LogP contribution < -0.4 is 10.8 Å². The second-order valence-corrected chi connectivity index (χ2v) is 4.92. The summed E-state index contributed by atoms with van der Waals surface area (Å²) in [5.74, 6) is -0.483. The highest BCUT2D eigenvalue weighted by Gasteiger charge is 2.08. The van der Waals surface area contributed by atoms with Crippen molar-refractivity contribution in [1.29, 1.82) is 0 Å². The highest BCUT2D eigenvalue weighted by atomic mass is 32.2. The molecule has 0 spiro atoms. The molecule has 21 heavy (non-hydrogen) atoms. The molecule has 0 fully saturated rings. The molecule has 0 aromatic heterocycles. The summed E-state index contributed by atoms with van der Waals surface area (Å²) in [6.45, 7) is 0. The fraction of sp³-hybridized carbons (Fsp3) is 0.0667. The quantitative estimate of drug-likeness (QED) is 0.674. The average molecular weight is 302 g/mol. The van der Waals surface area contributed by atoms with Crippen LogP contribution >= 0.6 is 11.8 Å². The Morgan fingerprint density at radius 3 is 2.29 bits per heavy atom. The van der Waals surface area contributed by atoms with Gasteiger partial charge in [0.15, 0.2) is 0 Å². The molecule has 2 rings (SSSR count). The molecule has 0 atom stereocenters. The third-order valence-corrected chi connectivity index (χ3v) is 3.35. The van der Waals surface area contributed by atoms with Crippen LogP contribution in [0, 0.1) is 0 Å². The highest BCUT2D eigenvalue weighted by Crippen LogP contribution is 2.17. The van der Waals surface area contributed by atoms with E-state index >= 15 is 0 Å². The van der Waals surface area contributed by atoms with Crippen molar-refractivity contribution in [1.82, 2.24) is 5.48 Å². The first-order valence-corrected chi connectivity index (χ1v) is 7.39. The summed E-state index contributed by atoms with van der Waals surface area (Å²) in [5, 5.41) is 2.51. The third kappa shape index (κ3) is 4.54. The molecule has 6 heteroatoms. The third-order valence-electron chi connectivity index (χ3n) is 2.61. The van der Waals surface area contributed by atoms with Gasteiger partial charge in [-0.25, -0.2) is 4.79 Å². The summed E-state index contributed by atoms with van der Waals surface area (Å²) in [6.07, 6.45) is 1.21. The van der Waals surface area contributed by atoms with E-state index in [-0.39, 0.29) is 0 Å². The largest absolute Gasteiger partial charge is 0.436 e. The van der Waals surface area contributed by atoms with E-state index in [9.17, 15) is 9.59 Å². The van der Waals surface area contributed by atoms with E-state index < -0.39 is 12.0 Å². The molecule has 2 aromatic rings. The van der Waals surface area contributed by atoms with Crippen molar-refractivity contribution in [2.75, 3.05) is 11.6 Å². The molecule has 5 nitrogen and oxygen atoms in total. The number of carbonyl (C=O) groups excluding carboxylic acids is 2. The Kier molecular flexibility index (Phi) is 5.22. The second-order valence-electron chi connectivity index (χ2n) is 4.04. The number of carbonyl (C=O) groups is 2. The lowest BCUT2D eigenvalue weighted by Crippen LogP contribution is -2.29. The summed E-state index contributed by atoms with van der Waals surface area (Å²) in [7, 11) is 0. The summed E-state index contributed by atoms with van der Waals surface area (Å²) < 4.78 is 0. The Labute approximate surface area is 126 Å². The SMILES string of the molecule is CSc1ccc(NC(=O)ONC(=O)c2ccccc2)cc1. The summed E-state index contributed by atoms with van der Waals surface area (Å²) in [5.41, 5.74) is 3.09. The van der Waals surface area contributed by atoms with Gasteiger partial charge in [0, 0.05) is 16.1 Å². The van der Waals surface area contributed by atoms with Crippen LogP contribution in [0.3, 0.4) is 0 Å². The Hall–Kier alpha value is -2.47. The summed E-state index contributed by atoms with van der Waals surface area (Å²) >= 11 is 1.61. The minimum Gasteiger partial charge on any atom is -0.321 e. The number of benzene rings is 2. The van der Waals surface area contributed by atoms with Crippen molar-refractivity contribution < 1.29 is 14.4 Å². The van der Waals surface area contributed by atoms with E-state index in [4.69, 9.17) is 0 Å². The molecule has 2 amide bonds. The molecule has 2 aromatic carbocycles. The first-order valence-electron chi connectivity index (χ1n) is 6.16. The predicted molar refractivity (Wildman–Crippen MR) is 82.2 cm³/mol. The average Bonchev–Trinajstić information content (AvgIpc) is 2.54. The van der Waals surface area contributed by atoms with Gasteiger partial charge >= 0.3 is 6.09 Å². The monoisotopic (exact) mass is 302 g/mol. The molecule has 0 saturated heterocycles. The summed E-state index contributed by atoms with van der Waals surface area (Å²) in [4.78, 5) is 29.0. The number of nitrogens with one attached hydrogen (secondary N) is 2. The van der Waals surface area contributed by atoms with Gasteiger partial charge in [0.05, 0.1) is 0 Å². The van der Waals surface area contributed by atoms with Gasteiger partial charge in [0.1, 0.15) is 0 Å². The van der Waals surface area contributed by atoms with Crippen molar-refractivity contribution >= 4 is 29.4 Å². The van der Waals surface area contributed by atoms with Crippen LogP contribution in [0.5, 0.6) is 0 Å². The van der Waals surface area contributed by atoms with Gasteiger partial charge in [-0.05, 0) is 42.7 Å². The van der Waals surface area contributed by atoms with Gasteiger partial charge in [0.2, 0.25) is 0 Å². The van der Waals surface area contributed by atoms with Crippen molar-refractivity contribution in [2.45, 2.75) is 4.90 Å². The van der Waals surface area contributed by atoms with Crippen LogP contribution in [0.15, 0.2) is 59.5 Å². The molecule has 108 valence electrons. The number of rotatable bonds is 3. The molecule has 0 heterocycles. The number of thioether (sulfide) groups is 1. The maximum absolute atomic E-state index is 11.7. The van der Waals surface area contributed by atoms with E-state index in [1.807, 2.05) is 18.4 Å². The maximum atomic E-state index is 11.7. The highest BCUT2D eigenvalue weighted by molar-refractivity contribution is 7.98. The van der Waals surface area contributed by atoms with Crippen molar-refractivity contribution in [2.24, 2.45) is 0 Å². The van der Waals surface area contributed by atoms with Gasteiger partial charge in [0.25, 0.3) is 5.91 Å². The fourth-order valence-corrected chi connectivity index (χ4v) is 1.97. The number of anilines is 1. The molecule has 0 aliphatic rings. The van der Waals surface area contributed by atoms with E-state index in [2.05, 4.69) is 15.6 Å². The van der Waals surface area contributed by atoms with E-state index in [0.29, 0.717) is 11.3 Å². The second kappa shape index (κ2) is 7.35. The molecule has 0 saturated carbocycles. The molecule has 0 aliphatic carbocycles. The zero-order valence-electron chi connectivity index (χ0n) is 11.3. The predicted octanol–water partition coefficient (Wildman–Crippen LogP) is 3.30. The van der Waals surface area contributed by atoms with E-state index in [0.717, 1.165) is 4.90 Å². The van der Waals surface area contributed by atoms with E-state index in [1.54, 1.807) is 54.2 Å². The van der Waals surface area contributed by atoms with Crippen LogP contribution in [0.4, 0.5) is 10.5 Å². The number of hydrogen-bond donors (Lipinski definition) is 2. The Balaban J connectivity index is 1.83. The molecule has 0 unspecified atom stereocenters. The molecular weight excluding hydrogens is 288 g/mol. The Bertz CT molecular complexity index is 615. The summed E-state index contributed by atoms with van der Waals surface area (Å²) in [6, 6.07) is 15.8. The number of hydroxylamine groups is 1. The van der Waals surface area contributed by atoms with Crippen LogP contribution in [0.2, 0.25) is 0 Å². The van der Waals surface area contributed by atoms with Crippen LogP contribution in [0.1, 0.15) is 10.4 Å². The van der Waals surface area contributed by atoms with Gasteiger partial charge in [-0.3, -0.25) is 10.1 Å². The molecule has 0 bridgehead atoms. The van der Waals surface area contributed by atoms with Gasteiger partial charge in [-0.15, -0.1) is 11.8 Å². The number of hydrogen-bond acceptors (Lipinski definition) is 4. The maximum Gasteiger partial charge on any atom is 0.436 e. The normalized spacial score (nSPS) is 9.76. The minimum absolute atomic E-state index is 0.412. The van der Waals surface area contributed by atoms with Gasteiger partial charge in [-0.2, -0.15) is 5.48 Å². The lowest BCUT2D eigenvalue weighted by molar-refractivity contribution is 0.0615. The topological polar surface area (TPSA) is 67.4 Å². The van der Waals surface area contributed by atoms with Gasteiger partial charge < -0.3 is 4.84 Å². The molecular formula is C15H14N2O3S. The van der Waals surface area contributed by atoms with Crippen molar-refractivity contribution in [3.8, 4) is 0 Å². The Morgan fingerprint density at radius 1 is 1.00 bits per heavy atom. The smallest absolute Gasteiger partial charge is 0.321 e. The zero-order valence-corrected chi connectivity index (χ0v) is 12.1. The van der Waals surface area contributed by atoms with Crippen molar-refractivity contribution in [3.63, 3.8) is 0 Å². The van der Waals surface area contributed by atoms with E-state index in [1.165, 1.54) is 0 Å². The number of amides is 2. The van der Waals surface area contributed by atoms with Gasteiger partial charge in [-0.1, -0.05) is 18.2 Å². The van der Waals surface area contributed by atoms with Crippen LogP contribution in [-0.4, -0.2) is 18.3 Å². The molecule has 0 aliphatic heterocycles. The zero-order chi connectivity index (χ0) is 15.1. The van der Waals surface area contributed by atoms with Crippen LogP contribution in [-0.2, 0) is 4.84 Å². The first-order chi connectivity index (χ1) is 10.2. The minimum atomic E-state index is -0.754. The molecule has 0 radical (unpaired) electrons. The first kappa shape index (κ1) is 14.9. The molecule has 2 N–H and O–H groups in total. The van der Waals surface area contributed by atoms with Crippen molar-refractivity contribution in [3.05, 3.63) is 60.2 Å². The standard InChI is InChI=1S/C15H14N2O3S/c1-21-13-9-7-12(8-10-13)16-15(19)20-17-14(18)11-5-3-2-4-6-11/h2-10H,1H3,(H,16,19)(H,17,18). The Morgan fingerprint density at radius 2 is 1.67 bits per heavy atom. The fourth-order valence-electron chi connectivity index (χ4n) is 1.56. The van der Waals surface area contributed by atoms with Crippen LogP contribution in [0.25, 0.3) is 0 Å². The lowest BCUT2D eigenvalue weighted by Gasteiger charge is -2.07. The lowest BCUT2D eigenvalue weighted by atomic mass is 10.2.